The molecule has 6 rings (SSSR count). The first-order valence-electron chi connectivity index (χ1n) is 12.1. The highest BCUT2D eigenvalue weighted by molar-refractivity contribution is 5.82. The van der Waals surface area contributed by atoms with Gasteiger partial charge in [-0.15, -0.1) is 15.3 Å². The van der Waals surface area contributed by atoms with E-state index in [0.29, 0.717) is 30.4 Å². The van der Waals surface area contributed by atoms with Crippen LogP contribution < -0.4 is 10.1 Å². The first-order chi connectivity index (χ1) is 18.0. The molecule has 0 radical (unpaired) electrons. The second-order valence-corrected chi connectivity index (χ2v) is 9.14. The fourth-order valence-corrected chi connectivity index (χ4v) is 5.00. The molecule has 0 bridgehead atoms. The number of halogens is 2. The van der Waals surface area contributed by atoms with Gasteiger partial charge in [-0.2, -0.15) is 18.4 Å². The van der Waals surface area contributed by atoms with Crippen LogP contribution in [0.2, 0.25) is 0 Å². The van der Waals surface area contributed by atoms with Gasteiger partial charge in [0.2, 0.25) is 11.9 Å². The number of amides is 1. The monoisotopic (exact) mass is 510 g/mol. The van der Waals surface area contributed by atoms with E-state index in [2.05, 4.69) is 40.5 Å². The molecule has 1 aliphatic carbocycles. The largest absolute Gasteiger partial charge is 0.432 e. The van der Waals surface area contributed by atoms with Crippen LogP contribution in [0.4, 0.5) is 14.7 Å². The smallest absolute Gasteiger partial charge is 0.387 e. The SMILES string of the molecule is O=C([C@H]1CC[C@H](Nc2nccc(-n3nnc4c(OC(F)F)cccc43)n2)CC1)N1CCn2cnnc2C1. The molecule has 192 valence electrons. The number of carbonyl (C=O) groups is 1. The van der Waals surface area contributed by atoms with Crippen LogP contribution >= 0.6 is 0 Å². The van der Waals surface area contributed by atoms with Crippen molar-refractivity contribution in [3.63, 3.8) is 0 Å². The highest BCUT2D eigenvalue weighted by Gasteiger charge is 2.31. The number of ether oxygens (including phenoxy) is 1. The molecule has 1 fully saturated rings. The topological polar surface area (TPSA) is 129 Å². The van der Waals surface area contributed by atoms with Crippen LogP contribution in [0.1, 0.15) is 31.5 Å². The predicted octanol–water partition coefficient (Wildman–Crippen LogP) is 2.42. The molecule has 12 nitrogen and oxygen atoms in total. The summed E-state index contributed by atoms with van der Waals surface area (Å²) in [6.45, 7) is -1.06. The van der Waals surface area contributed by atoms with E-state index in [-0.39, 0.29) is 29.1 Å². The van der Waals surface area contributed by atoms with Crippen LogP contribution in [-0.4, -0.2) is 69.7 Å². The number of anilines is 1. The quantitative estimate of drug-likeness (QED) is 0.416. The van der Waals surface area contributed by atoms with Crippen LogP contribution in [0.3, 0.4) is 0 Å². The number of hydrogen-bond donors (Lipinski definition) is 1. The molecule has 37 heavy (non-hydrogen) atoms. The summed E-state index contributed by atoms with van der Waals surface area (Å²) in [6, 6.07) is 6.50. The van der Waals surface area contributed by atoms with E-state index in [4.69, 9.17) is 0 Å². The highest BCUT2D eigenvalue weighted by Crippen LogP contribution is 2.29. The molecule has 1 aromatic carbocycles. The summed E-state index contributed by atoms with van der Waals surface area (Å²) in [5.41, 5.74) is 0.700. The van der Waals surface area contributed by atoms with Crippen molar-refractivity contribution in [1.82, 2.24) is 44.6 Å². The Hall–Kier alpha value is -4.23. The van der Waals surface area contributed by atoms with Crippen molar-refractivity contribution >= 4 is 22.9 Å². The third kappa shape index (κ3) is 4.66. The molecule has 1 saturated carbocycles. The fraction of sp³-hybridized carbons (Fsp3) is 0.435. The van der Waals surface area contributed by atoms with E-state index in [9.17, 15) is 13.6 Å². The van der Waals surface area contributed by atoms with Gasteiger partial charge in [0, 0.05) is 37.3 Å². The minimum Gasteiger partial charge on any atom is -0.432 e. The number of alkyl halides is 2. The lowest BCUT2D eigenvalue weighted by molar-refractivity contribution is -0.138. The maximum Gasteiger partial charge on any atom is 0.387 e. The molecule has 3 aromatic heterocycles. The number of aromatic nitrogens is 8. The summed E-state index contributed by atoms with van der Waals surface area (Å²) >= 11 is 0. The van der Waals surface area contributed by atoms with Crippen LogP contribution in [0.25, 0.3) is 16.9 Å². The Kier molecular flexibility index (Phi) is 6.06. The van der Waals surface area contributed by atoms with Crippen LogP contribution in [-0.2, 0) is 17.9 Å². The summed E-state index contributed by atoms with van der Waals surface area (Å²) in [7, 11) is 0. The van der Waals surface area contributed by atoms with Crippen LogP contribution in [0.15, 0.2) is 36.8 Å². The number of nitrogens with zero attached hydrogens (tertiary/aromatic N) is 9. The summed E-state index contributed by atoms with van der Waals surface area (Å²) in [4.78, 5) is 23.8. The minimum absolute atomic E-state index is 0.00839. The summed E-state index contributed by atoms with van der Waals surface area (Å²) in [5, 5.41) is 19.5. The third-order valence-corrected chi connectivity index (χ3v) is 6.87. The number of carbonyl (C=O) groups excluding carboxylic acids is 1. The molecule has 1 aliphatic heterocycles. The van der Waals surface area contributed by atoms with Crippen molar-refractivity contribution in [3.05, 3.63) is 42.6 Å². The van der Waals surface area contributed by atoms with Gasteiger partial charge in [0.05, 0.1) is 6.54 Å². The first kappa shape index (κ1) is 23.2. The molecule has 1 amide bonds. The molecular formula is C23H24F2N10O2. The zero-order valence-electron chi connectivity index (χ0n) is 19.7. The molecule has 4 aromatic rings. The predicted molar refractivity (Wildman–Crippen MR) is 126 cm³/mol. The summed E-state index contributed by atoms with van der Waals surface area (Å²) in [5.74, 6) is 1.81. The molecule has 0 saturated heterocycles. The molecule has 1 N–H and O–H groups in total. The average molecular weight is 511 g/mol. The third-order valence-electron chi connectivity index (χ3n) is 6.87. The number of nitrogens with one attached hydrogen (secondary N) is 1. The van der Waals surface area contributed by atoms with Gasteiger partial charge in [-0.1, -0.05) is 11.3 Å². The average Bonchev–Trinajstić information content (AvgIpc) is 3.56. The van der Waals surface area contributed by atoms with Crippen LogP contribution in [0.5, 0.6) is 5.75 Å². The van der Waals surface area contributed by atoms with Crippen molar-refractivity contribution in [2.24, 2.45) is 5.92 Å². The van der Waals surface area contributed by atoms with Gasteiger partial charge < -0.3 is 19.5 Å². The van der Waals surface area contributed by atoms with Gasteiger partial charge in [0.1, 0.15) is 11.8 Å². The van der Waals surface area contributed by atoms with Crippen molar-refractivity contribution in [3.8, 4) is 11.6 Å². The van der Waals surface area contributed by atoms with Gasteiger partial charge in [-0.25, -0.2) is 4.98 Å². The maximum atomic E-state index is 13.1. The number of rotatable bonds is 6. The Morgan fingerprint density at radius 1 is 1.11 bits per heavy atom. The lowest BCUT2D eigenvalue weighted by Crippen LogP contribution is -2.43. The van der Waals surface area contributed by atoms with Crippen molar-refractivity contribution in [1.29, 1.82) is 0 Å². The molecule has 2 aliphatic rings. The fourth-order valence-electron chi connectivity index (χ4n) is 5.00. The van der Waals surface area contributed by atoms with E-state index in [1.54, 1.807) is 30.7 Å². The molecular weight excluding hydrogens is 486 g/mol. The number of hydrogen-bond acceptors (Lipinski definition) is 9. The van der Waals surface area contributed by atoms with Gasteiger partial charge in [-0.3, -0.25) is 4.79 Å². The minimum atomic E-state index is -2.96. The summed E-state index contributed by atoms with van der Waals surface area (Å²) in [6.07, 6.45) is 6.49. The van der Waals surface area contributed by atoms with Crippen molar-refractivity contribution < 1.29 is 18.3 Å². The van der Waals surface area contributed by atoms with Gasteiger partial charge in [-0.05, 0) is 37.8 Å². The Labute approximate surface area is 209 Å². The molecule has 0 unspecified atom stereocenters. The zero-order valence-corrected chi connectivity index (χ0v) is 19.7. The normalized spacial score (nSPS) is 19.7. The number of benzene rings is 1. The van der Waals surface area contributed by atoms with Crippen LogP contribution in [0, 0.1) is 5.92 Å². The molecule has 4 heterocycles. The highest BCUT2D eigenvalue weighted by atomic mass is 19.3. The van der Waals surface area contributed by atoms with E-state index in [1.165, 1.54) is 10.7 Å². The second kappa shape index (κ2) is 9.67. The van der Waals surface area contributed by atoms with E-state index in [0.717, 1.165) is 38.1 Å². The lowest BCUT2D eigenvalue weighted by atomic mass is 9.85. The Morgan fingerprint density at radius 3 is 2.81 bits per heavy atom. The van der Waals surface area contributed by atoms with Gasteiger partial charge >= 0.3 is 6.61 Å². The van der Waals surface area contributed by atoms with Crippen molar-refractivity contribution in [2.45, 2.75) is 51.4 Å². The maximum absolute atomic E-state index is 13.1. The molecule has 14 heteroatoms. The lowest BCUT2D eigenvalue weighted by Gasteiger charge is -2.34. The van der Waals surface area contributed by atoms with E-state index in [1.807, 2.05) is 9.47 Å². The standard InChI is InChI=1S/C23H24F2N10O2/c24-22(25)37-17-3-1-2-16-20(17)31-32-35(16)18-8-9-26-23(29-18)28-15-6-4-14(5-7-15)21(36)33-10-11-34-13-27-30-19(34)12-33/h1-3,8-9,13-15,22H,4-7,10-12H2,(H,26,28,29)/t14-,15-. The first-order valence-corrected chi connectivity index (χ1v) is 12.1. The van der Waals surface area contributed by atoms with Gasteiger partial charge in [0.15, 0.2) is 22.9 Å². The second-order valence-electron chi connectivity index (χ2n) is 9.14. The number of fused-ring (bicyclic) bond motifs is 2. The van der Waals surface area contributed by atoms with E-state index >= 15 is 0 Å². The molecule has 0 atom stereocenters. The van der Waals surface area contributed by atoms with Crippen molar-refractivity contribution in [2.75, 3.05) is 11.9 Å². The Bertz CT molecular complexity index is 1420. The van der Waals surface area contributed by atoms with Gasteiger partial charge in [0.25, 0.3) is 0 Å². The molecule has 0 spiro atoms. The Balaban J connectivity index is 1.09. The van der Waals surface area contributed by atoms with E-state index < -0.39 is 6.61 Å². The zero-order chi connectivity index (χ0) is 25.4. The summed E-state index contributed by atoms with van der Waals surface area (Å²) < 4.78 is 33.4. The Morgan fingerprint density at radius 2 is 1.97 bits per heavy atom.